The number of nitrogens with one attached hydrogen (secondary N) is 1. The number of halogens is 1. The Kier molecular flexibility index (Phi) is 4.79. The van der Waals surface area contributed by atoms with Gasteiger partial charge in [-0.25, -0.2) is 0 Å². The van der Waals surface area contributed by atoms with Crippen molar-refractivity contribution in [2.24, 2.45) is 0 Å². The van der Waals surface area contributed by atoms with Crippen molar-refractivity contribution in [1.29, 1.82) is 0 Å². The SMILES string of the molecule is O=C(NCCN1C(=O)CSC1=S)c1ccccc1Cl. The number of nitrogens with zero attached hydrogens (tertiary/aromatic N) is 1. The van der Waals surface area contributed by atoms with Gasteiger partial charge in [-0.15, -0.1) is 0 Å². The Hall–Kier alpha value is -1.11. The fraction of sp³-hybridized carbons (Fsp3) is 0.250. The molecule has 1 saturated heterocycles. The molecular weight excluding hydrogens is 304 g/mol. The smallest absolute Gasteiger partial charge is 0.252 e. The molecule has 0 atom stereocenters. The van der Waals surface area contributed by atoms with Gasteiger partial charge in [-0.3, -0.25) is 14.5 Å². The van der Waals surface area contributed by atoms with Crippen molar-refractivity contribution in [3.05, 3.63) is 34.9 Å². The van der Waals surface area contributed by atoms with E-state index in [0.29, 0.717) is 33.7 Å². The largest absolute Gasteiger partial charge is 0.350 e. The highest BCUT2D eigenvalue weighted by Gasteiger charge is 2.26. The third-order valence-corrected chi connectivity index (χ3v) is 4.34. The van der Waals surface area contributed by atoms with Crippen molar-refractivity contribution >= 4 is 51.7 Å². The molecule has 0 spiro atoms. The zero-order valence-corrected chi connectivity index (χ0v) is 12.3. The summed E-state index contributed by atoms with van der Waals surface area (Å²) in [6.45, 7) is 0.733. The number of rotatable bonds is 4. The maximum absolute atomic E-state index is 11.9. The molecule has 1 fully saturated rings. The van der Waals surface area contributed by atoms with Gasteiger partial charge in [0.1, 0.15) is 4.32 Å². The minimum absolute atomic E-state index is 0.0120. The van der Waals surface area contributed by atoms with Gasteiger partial charge < -0.3 is 5.32 Å². The van der Waals surface area contributed by atoms with E-state index >= 15 is 0 Å². The Labute approximate surface area is 125 Å². The molecule has 7 heteroatoms. The Morgan fingerprint density at radius 1 is 1.47 bits per heavy atom. The molecule has 1 aliphatic rings. The lowest BCUT2D eigenvalue weighted by Crippen LogP contribution is -2.37. The summed E-state index contributed by atoms with van der Waals surface area (Å²) < 4.78 is 0.567. The van der Waals surface area contributed by atoms with Crippen LogP contribution in [0.5, 0.6) is 0 Å². The minimum atomic E-state index is -0.254. The van der Waals surface area contributed by atoms with Crippen LogP contribution < -0.4 is 5.32 Å². The van der Waals surface area contributed by atoms with Gasteiger partial charge >= 0.3 is 0 Å². The van der Waals surface area contributed by atoms with E-state index in [4.69, 9.17) is 23.8 Å². The Balaban J connectivity index is 1.86. The predicted octanol–water partition coefficient (Wildman–Crippen LogP) is 1.93. The van der Waals surface area contributed by atoms with Crippen LogP contribution in [0.25, 0.3) is 0 Å². The molecule has 0 aromatic heterocycles. The first-order valence-corrected chi connectivity index (χ1v) is 7.36. The van der Waals surface area contributed by atoms with Crippen LogP contribution >= 0.6 is 35.6 Å². The molecule has 0 bridgehead atoms. The fourth-order valence-electron chi connectivity index (χ4n) is 1.62. The van der Waals surface area contributed by atoms with Gasteiger partial charge in [0.25, 0.3) is 5.91 Å². The second-order valence-electron chi connectivity index (χ2n) is 3.84. The molecule has 4 nitrogen and oxygen atoms in total. The second-order valence-corrected chi connectivity index (χ2v) is 5.85. The number of benzene rings is 1. The van der Waals surface area contributed by atoms with Crippen molar-refractivity contribution < 1.29 is 9.59 Å². The number of thiocarbonyl (C=S) groups is 1. The van der Waals surface area contributed by atoms with Crippen LogP contribution in [0.1, 0.15) is 10.4 Å². The summed E-state index contributed by atoms with van der Waals surface area (Å²) in [5, 5.41) is 3.13. The molecule has 0 unspecified atom stereocenters. The van der Waals surface area contributed by atoms with Crippen LogP contribution in [0.3, 0.4) is 0 Å². The van der Waals surface area contributed by atoms with E-state index in [9.17, 15) is 9.59 Å². The summed E-state index contributed by atoms with van der Waals surface area (Å²) >= 11 is 12.3. The van der Waals surface area contributed by atoms with Gasteiger partial charge in [0.05, 0.1) is 16.3 Å². The van der Waals surface area contributed by atoms with E-state index in [-0.39, 0.29) is 11.8 Å². The molecule has 100 valence electrons. The first-order valence-electron chi connectivity index (χ1n) is 5.59. The van der Waals surface area contributed by atoms with Crippen molar-refractivity contribution in [3.63, 3.8) is 0 Å². The number of carbonyl (C=O) groups excluding carboxylic acids is 2. The van der Waals surface area contributed by atoms with Crippen molar-refractivity contribution in [1.82, 2.24) is 10.2 Å². The van der Waals surface area contributed by atoms with E-state index in [1.54, 1.807) is 24.3 Å². The molecule has 1 aromatic rings. The van der Waals surface area contributed by atoms with E-state index in [1.807, 2.05) is 0 Å². The van der Waals surface area contributed by atoms with E-state index in [1.165, 1.54) is 16.7 Å². The number of carbonyl (C=O) groups is 2. The van der Waals surface area contributed by atoms with Gasteiger partial charge in [0, 0.05) is 13.1 Å². The molecule has 1 N–H and O–H groups in total. The highest BCUT2D eigenvalue weighted by atomic mass is 35.5. The summed E-state index contributed by atoms with van der Waals surface area (Å²) in [7, 11) is 0. The zero-order valence-electron chi connectivity index (χ0n) is 9.89. The lowest BCUT2D eigenvalue weighted by molar-refractivity contribution is -0.123. The molecule has 1 aromatic carbocycles. The number of thioether (sulfide) groups is 1. The maximum Gasteiger partial charge on any atom is 0.252 e. The normalized spacial score (nSPS) is 14.9. The summed E-state index contributed by atoms with van der Waals surface area (Å²) in [5.74, 6) is 0.120. The Morgan fingerprint density at radius 3 is 2.84 bits per heavy atom. The quantitative estimate of drug-likeness (QED) is 0.863. The summed E-state index contributed by atoms with van der Waals surface area (Å²) in [6.07, 6.45) is 0. The van der Waals surface area contributed by atoms with Crippen LogP contribution in [0.2, 0.25) is 5.02 Å². The molecule has 0 aliphatic carbocycles. The topological polar surface area (TPSA) is 49.4 Å². The van der Waals surface area contributed by atoms with Crippen molar-refractivity contribution in [3.8, 4) is 0 Å². The van der Waals surface area contributed by atoms with Gasteiger partial charge in [-0.2, -0.15) is 0 Å². The number of hydrogen-bond acceptors (Lipinski definition) is 4. The third-order valence-electron chi connectivity index (χ3n) is 2.58. The maximum atomic E-state index is 11.9. The van der Waals surface area contributed by atoms with Crippen LogP contribution in [-0.2, 0) is 4.79 Å². The highest BCUT2D eigenvalue weighted by molar-refractivity contribution is 8.23. The summed E-state index contributed by atoms with van der Waals surface area (Å²) in [5.41, 5.74) is 0.425. The van der Waals surface area contributed by atoms with Crippen molar-refractivity contribution in [2.75, 3.05) is 18.8 Å². The van der Waals surface area contributed by atoms with Crippen LogP contribution in [-0.4, -0.2) is 39.9 Å². The average molecular weight is 315 g/mol. The first kappa shape index (κ1) is 14.3. The van der Waals surface area contributed by atoms with Gasteiger partial charge in [0.15, 0.2) is 0 Å². The molecule has 2 amide bonds. The van der Waals surface area contributed by atoms with Gasteiger partial charge in [0.2, 0.25) is 5.91 Å². The molecular formula is C12H11ClN2O2S2. The van der Waals surface area contributed by atoms with E-state index < -0.39 is 0 Å². The van der Waals surface area contributed by atoms with Crippen molar-refractivity contribution in [2.45, 2.75) is 0 Å². The number of amides is 2. The third kappa shape index (κ3) is 3.46. The molecule has 1 aliphatic heterocycles. The molecule has 1 heterocycles. The average Bonchev–Trinajstić information content (AvgIpc) is 2.70. The van der Waals surface area contributed by atoms with Crippen LogP contribution in [0.4, 0.5) is 0 Å². The number of hydrogen-bond donors (Lipinski definition) is 1. The first-order chi connectivity index (χ1) is 9.09. The van der Waals surface area contributed by atoms with Crippen LogP contribution in [0, 0.1) is 0 Å². The predicted molar refractivity (Wildman–Crippen MR) is 80.6 cm³/mol. The molecule has 19 heavy (non-hydrogen) atoms. The zero-order chi connectivity index (χ0) is 13.8. The Bertz CT molecular complexity index is 520. The lowest BCUT2D eigenvalue weighted by Gasteiger charge is -2.15. The molecule has 0 radical (unpaired) electrons. The van der Waals surface area contributed by atoms with E-state index in [2.05, 4.69) is 5.32 Å². The Morgan fingerprint density at radius 2 is 2.21 bits per heavy atom. The monoisotopic (exact) mass is 314 g/mol. The summed E-state index contributed by atoms with van der Waals surface area (Å²) in [6, 6.07) is 6.82. The summed E-state index contributed by atoms with van der Waals surface area (Å²) in [4.78, 5) is 24.8. The van der Waals surface area contributed by atoms with Crippen LogP contribution in [0.15, 0.2) is 24.3 Å². The van der Waals surface area contributed by atoms with Gasteiger partial charge in [-0.05, 0) is 12.1 Å². The van der Waals surface area contributed by atoms with E-state index in [0.717, 1.165) is 0 Å². The fourth-order valence-corrected chi connectivity index (χ4v) is 2.96. The highest BCUT2D eigenvalue weighted by Crippen LogP contribution is 2.18. The van der Waals surface area contributed by atoms with Gasteiger partial charge in [-0.1, -0.05) is 47.7 Å². The molecule has 0 saturated carbocycles. The molecule has 2 rings (SSSR count). The lowest BCUT2D eigenvalue weighted by atomic mass is 10.2. The standard InChI is InChI=1S/C12H11ClN2O2S2/c13-9-4-2-1-3-8(9)11(17)14-5-6-15-10(16)7-19-12(15)18/h1-4H,5-7H2,(H,14,17). The second kappa shape index (κ2) is 6.36. The minimum Gasteiger partial charge on any atom is -0.350 e.